The fraction of sp³-hybridized carbons (Fsp3) is 0.462. The Labute approximate surface area is 205 Å². The van der Waals surface area contributed by atoms with Crippen molar-refractivity contribution in [2.45, 2.75) is 55.9 Å². The number of hydrogen-bond donors (Lipinski definition) is 1. The Bertz CT molecular complexity index is 1350. The SMILES string of the molecule is O=C(CCc1ccc(S(=O)(=O)N2CCCCC2)cc1)N1CCC(n2c(=O)[nH]c3ccccc32)CC1. The Balaban J connectivity index is 1.15. The molecule has 2 aliphatic rings. The van der Waals surface area contributed by atoms with Crippen molar-refractivity contribution in [3.05, 3.63) is 64.6 Å². The highest BCUT2D eigenvalue weighted by Crippen LogP contribution is 2.26. The minimum Gasteiger partial charge on any atom is -0.343 e. The summed E-state index contributed by atoms with van der Waals surface area (Å²) in [5.74, 6) is 0.0970. The zero-order valence-electron chi connectivity index (χ0n) is 19.9. The maximum absolute atomic E-state index is 12.8. The lowest BCUT2D eigenvalue weighted by molar-refractivity contribution is -0.132. The molecule has 3 aromatic rings. The molecular weight excluding hydrogens is 464 g/mol. The number of likely N-dealkylation sites (tertiary alicyclic amines) is 1. The standard InChI is InChI=1S/C26H32N4O4S/c31-25(13-10-20-8-11-22(12-9-20)35(33,34)29-16-4-1-5-17-29)28-18-14-21(15-19-28)30-24-7-3-2-6-23(24)27-26(30)32/h2-3,6-9,11-12,21H,1,4-5,10,13-19H2,(H,27,32). The van der Waals surface area contributed by atoms with Gasteiger partial charge in [-0.25, -0.2) is 13.2 Å². The Morgan fingerprint density at radius 3 is 2.31 bits per heavy atom. The van der Waals surface area contributed by atoms with E-state index in [9.17, 15) is 18.0 Å². The second kappa shape index (κ2) is 9.99. The number of aromatic amines is 1. The molecule has 2 fully saturated rings. The number of amides is 1. The van der Waals surface area contributed by atoms with Crippen LogP contribution in [-0.2, 0) is 21.2 Å². The topological polar surface area (TPSA) is 95.5 Å². The molecule has 2 saturated heterocycles. The van der Waals surface area contributed by atoms with E-state index in [0.717, 1.165) is 48.7 Å². The summed E-state index contributed by atoms with van der Waals surface area (Å²) in [4.78, 5) is 30.4. The van der Waals surface area contributed by atoms with Gasteiger partial charge in [-0.1, -0.05) is 30.7 Å². The van der Waals surface area contributed by atoms with Gasteiger partial charge in [0.15, 0.2) is 0 Å². The molecule has 1 aromatic heterocycles. The van der Waals surface area contributed by atoms with Gasteiger partial charge in [0.25, 0.3) is 0 Å². The van der Waals surface area contributed by atoms with Gasteiger partial charge in [0, 0.05) is 38.6 Å². The van der Waals surface area contributed by atoms with Crippen LogP contribution in [0, 0.1) is 0 Å². The molecule has 35 heavy (non-hydrogen) atoms. The van der Waals surface area contributed by atoms with Crippen LogP contribution in [0.1, 0.15) is 50.1 Å². The van der Waals surface area contributed by atoms with Crippen LogP contribution in [0.5, 0.6) is 0 Å². The summed E-state index contributed by atoms with van der Waals surface area (Å²) in [6.45, 7) is 2.43. The number of nitrogens with one attached hydrogen (secondary N) is 1. The molecule has 1 amide bonds. The zero-order chi connectivity index (χ0) is 24.4. The van der Waals surface area contributed by atoms with Gasteiger partial charge in [-0.15, -0.1) is 0 Å². The van der Waals surface area contributed by atoms with Crippen LogP contribution in [0.25, 0.3) is 11.0 Å². The van der Waals surface area contributed by atoms with Crippen LogP contribution in [-0.4, -0.2) is 59.3 Å². The molecule has 2 aromatic carbocycles. The Morgan fingerprint density at radius 1 is 0.914 bits per heavy atom. The van der Waals surface area contributed by atoms with Gasteiger partial charge in [0.1, 0.15) is 0 Å². The summed E-state index contributed by atoms with van der Waals surface area (Å²) >= 11 is 0. The number of benzene rings is 2. The number of nitrogens with zero attached hydrogens (tertiary/aromatic N) is 3. The number of H-pyrrole nitrogens is 1. The summed E-state index contributed by atoms with van der Waals surface area (Å²) in [6, 6.07) is 14.7. The summed E-state index contributed by atoms with van der Waals surface area (Å²) in [5, 5.41) is 0. The quantitative estimate of drug-likeness (QED) is 0.566. The third-order valence-corrected chi connectivity index (χ3v) is 9.22. The average molecular weight is 497 g/mol. The molecule has 9 heteroatoms. The van der Waals surface area contributed by atoms with Crippen molar-refractivity contribution in [2.75, 3.05) is 26.2 Å². The molecule has 2 aliphatic heterocycles. The normalized spacial score (nSPS) is 18.2. The molecule has 0 aliphatic carbocycles. The van der Waals surface area contributed by atoms with Crippen LogP contribution >= 0.6 is 0 Å². The number of para-hydroxylation sites is 2. The third-order valence-electron chi connectivity index (χ3n) is 7.31. The molecule has 186 valence electrons. The smallest absolute Gasteiger partial charge is 0.326 e. The highest BCUT2D eigenvalue weighted by atomic mass is 32.2. The van der Waals surface area contributed by atoms with Crippen LogP contribution in [0.4, 0.5) is 0 Å². The van der Waals surface area contributed by atoms with E-state index in [4.69, 9.17) is 0 Å². The summed E-state index contributed by atoms with van der Waals surface area (Å²) < 4.78 is 29.0. The van der Waals surface area contributed by atoms with E-state index in [-0.39, 0.29) is 17.6 Å². The predicted molar refractivity (Wildman–Crippen MR) is 135 cm³/mol. The van der Waals surface area contributed by atoms with E-state index in [1.165, 1.54) is 0 Å². The molecule has 0 atom stereocenters. The van der Waals surface area contributed by atoms with Gasteiger partial charge < -0.3 is 9.88 Å². The first kappa shape index (κ1) is 23.8. The number of imidazole rings is 1. The highest BCUT2D eigenvalue weighted by molar-refractivity contribution is 7.89. The lowest BCUT2D eigenvalue weighted by Gasteiger charge is -2.32. The van der Waals surface area contributed by atoms with Crippen molar-refractivity contribution in [1.29, 1.82) is 0 Å². The number of rotatable bonds is 6. The van der Waals surface area contributed by atoms with Crippen LogP contribution in [0.2, 0.25) is 0 Å². The zero-order valence-corrected chi connectivity index (χ0v) is 20.7. The number of aryl methyl sites for hydroxylation is 1. The maximum Gasteiger partial charge on any atom is 0.326 e. The molecule has 0 bridgehead atoms. The monoisotopic (exact) mass is 496 g/mol. The molecule has 8 nitrogen and oxygen atoms in total. The third kappa shape index (κ3) is 4.92. The van der Waals surface area contributed by atoms with E-state index < -0.39 is 10.0 Å². The molecule has 0 radical (unpaired) electrons. The molecule has 5 rings (SSSR count). The number of hydrogen-bond acceptors (Lipinski definition) is 4. The number of fused-ring (bicyclic) bond motifs is 1. The van der Waals surface area contributed by atoms with Gasteiger partial charge in [0.2, 0.25) is 15.9 Å². The molecule has 1 N–H and O–H groups in total. The van der Waals surface area contributed by atoms with Crippen LogP contribution in [0.3, 0.4) is 0 Å². The van der Waals surface area contributed by atoms with Crippen molar-refractivity contribution < 1.29 is 13.2 Å². The lowest BCUT2D eigenvalue weighted by atomic mass is 10.0. The molecular formula is C26H32N4O4S. The van der Waals surface area contributed by atoms with Gasteiger partial charge >= 0.3 is 5.69 Å². The number of aromatic nitrogens is 2. The van der Waals surface area contributed by atoms with E-state index in [1.807, 2.05) is 45.9 Å². The van der Waals surface area contributed by atoms with Gasteiger partial charge in [-0.2, -0.15) is 4.31 Å². The van der Waals surface area contributed by atoms with Crippen molar-refractivity contribution in [2.24, 2.45) is 0 Å². The molecule has 0 saturated carbocycles. The number of sulfonamides is 1. The summed E-state index contributed by atoms with van der Waals surface area (Å²) in [5.41, 5.74) is 2.61. The summed E-state index contributed by atoms with van der Waals surface area (Å²) in [6.07, 6.45) is 5.36. The van der Waals surface area contributed by atoms with E-state index in [0.29, 0.717) is 43.9 Å². The largest absolute Gasteiger partial charge is 0.343 e. The summed E-state index contributed by atoms with van der Waals surface area (Å²) in [7, 11) is -3.44. The number of piperidine rings is 2. The van der Waals surface area contributed by atoms with Gasteiger partial charge in [-0.05, 0) is 61.9 Å². The van der Waals surface area contributed by atoms with Gasteiger partial charge in [-0.3, -0.25) is 9.36 Å². The number of carbonyl (C=O) groups excluding carboxylic acids is 1. The van der Waals surface area contributed by atoms with Gasteiger partial charge in [0.05, 0.1) is 15.9 Å². The van der Waals surface area contributed by atoms with E-state index in [1.54, 1.807) is 16.4 Å². The minimum atomic E-state index is -3.44. The van der Waals surface area contributed by atoms with Crippen LogP contribution in [0.15, 0.2) is 58.2 Å². The lowest BCUT2D eigenvalue weighted by Crippen LogP contribution is -2.40. The highest BCUT2D eigenvalue weighted by Gasteiger charge is 2.27. The Morgan fingerprint density at radius 2 is 1.60 bits per heavy atom. The van der Waals surface area contributed by atoms with Crippen molar-refractivity contribution in [1.82, 2.24) is 18.8 Å². The van der Waals surface area contributed by atoms with Crippen molar-refractivity contribution in [3.8, 4) is 0 Å². The van der Waals surface area contributed by atoms with Crippen LogP contribution < -0.4 is 5.69 Å². The van der Waals surface area contributed by atoms with E-state index in [2.05, 4.69) is 4.98 Å². The predicted octanol–water partition coefficient (Wildman–Crippen LogP) is 3.30. The Kier molecular flexibility index (Phi) is 6.80. The second-order valence-electron chi connectivity index (χ2n) is 9.54. The fourth-order valence-electron chi connectivity index (χ4n) is 5.30. The average Bonchev–Trinajstić information content (AvgIpc) is 3.23. The van der Waals surface area contributed by atoms with Crippen molar-refractivity contribution >= 4 is 27.0 Å². The van der Waals surface area contributed by atoms with E-state index >= 15 is 0 Å². The molecule has 0 unspecified atom stereocenters. The fourth-order valence-corrected chi connectivity index (χ4v) is 6.82. The maximum atomic E-state index is 12.8. The Hall–Kier alpha value is -2.91. The first-order valence-corrected chi connectivity index (χ1v) is 13.9. The minimum absolute atomic E-state index is 0.0806. The first-order valence-electron chi connectivity index (χ1n) is 12.5. The van der Waals surface area contributed by atoms with Crippen molar-refractivity contribution in [3.63, 3.8) is 0 Å². The molecule has 0 spiro atoms. The molecule has 3 heterocycles. The second-order valence-corrected chi connectivity index (χ2v) is 11.5. The number of carbonyl (C=O) groups is 1. The first-order chi connectivity index (χ1) is 16.9.